The van der Waals surface area contributed by atoms with Crippen molar-refractivity contribution in [2.24, 2.45) is 0 Å². The summed E-state index contributed by atoms with van der Waals surface area (Å²) in [7, 11) is 0. The first-order valence-corrected chi connectivity index (χ1v) is 5.83. The Morgan fingerprint density at radius 1 is 1.62 bits per heavy atom. The molecule has 7 heteroatoms. The highest BCUT2D eigenvalue weighted by molar-refractivity contribution is 8.00. The van der Waals surface area contributed by atoms with Crippen LogP contribution >= 0.6 is 11.8 Å². The molecule has 6 nitrogen and oxygen atoms in total. The molecule has 1 fully saturated rings. The zero-order chi connectivity index (χ0) is 11.3. The molecule has 0 amide bonds. The first-order valence-electron chi connectivity index (χ1n) is 4.95. The Morgan fingerprint density at radius 2 is 2.44 bits per heavy atom. The Labute approximate surface area is 95.4 Å². The maximum Gasteiger partial charge on any atom is 0.172 e. The Morgan fingerprint density at radius 3 is 3.19 bits per heavy atom. The predicted octanol–water partition coefficient (Wildman–Crippen LogP) is -0.913. The number of hydrogen-bond acceptors (Lipinski definition) is 6. The average Bonchev–Trinajstić information content (AvgIpc) is 2.75. The van der Waals surface area contributed by atoms with Gasteiger partial charge in [-0.05, 0) is 6.07 Å². The van der Waals surface area contributed by atoms with Gasteiger partial charge in [-0.1, -0.05) is 11.8 Å². The van der Waals surface area contributed by atoms with E-state index in [0.717, 1.165) is 0 Å². The number of thioether (sulfide) groups is 1. The molecule has 4 unspecified atom stereocenters. The summed E-state index contributed by atoms with van der Waals surface area (Å²) in [6.45, 7) is -0.186. The summed E-state index contributed by atoms with van der Waals surface area (Å²) in [5.74, 6) is 0. The van der Waals surface area contributed by atoms with Crippen LogP contribution in [0.2, 0.25) is 0 Å². The first-order chi connectivity index (χ1) is 7.70. The molecule has 0 aliphatic carbocycles. The predicted molar refractivity (Wildman–Crippen MR) is 54.7 cm³/mol. The molecule has 0 saturated carbocycles. The van der Waals surface area contributed by atoms with E-state index in [1.54, 1.807) is 16.8 Å². The average molecular weight is 241 g/mol. The molecule has 0 aromatic carbocycles. The van der Waals surface area contributed by atoms with Crippen LogP contribution in [-0.2, 0) is 4.74 Å². The number of aliphatic hydroxyl groups excluding tert-OH is 2. The summed E-state index contributed by atoms with van der Waals surface area (Å²) in [6, 6.07) is 1.58. The monoisotopic (exact) mass is 241 g/mol. The van der Waals surface area contributed by atoms with E-state index in [9.17, 15) is 5.11 Å². The zero-order valence-corrected chi connectivity index (χ0v) is 9.09. The van der Waals surface area contributed by atoms with Crippen molar-refractivity contribution in [2.45, 2.75) is 28.8 Å². The number of fused-ring (bicyclic) bond motifs is 3. The minimum atomic E-state index is -0.698. The Balaban J connectivity index is 1.99. The fraction of sp³-hybridized carbons (Fsp3) is 0.556. The number of aliphatic hydroxyl groups is 2. The Bertz CT molecular complexity index is 477. The van der Waals surface area contributed by atoms with E-state index in [0.29, 0.717) is 5.16 Å². The quantitative estimate of drug-likeness (QED) is 0.554. The lowest BCUT2D eigenvalue weighted by molar-refractivity contribution is -0.0467. The highest BCUT2D eigenvalue weighted by Gasteiger charge is 2.49. The lowest BCUT2D eigenvalue weighted by atomic mass is 10.2. The second-order valence-corrected chi connectivity index (χ2v) is 4.97. The van der Waals surface area contributed by atoms with Gasteiger partial charge in [0.2, 0.25) is 0 Å². The minimum absolute atomic E-state index is 0.147. The van der Waals surface area contributed by atoms with E-state index in [-0.39, 0.29) is 23.6 Å². The van der Waals surface area contributed by atoms with Crippen LogP contribution in [0.4, 0.5) is 0 Å². The molecule has 2 aliphatic rings. The molecular formula is C9H11N3O3S. The third-order valence-corrected chi connectivity index (χ3v) is 4.14. The van der Waals surface area contributed by atoms with Crippen LogP contribution in [0.3, 0.4) is 0 Å². The van der Waals surface area contributed by atoms with Crippen LogP contribution in [0, 0.1) is 5.41 Å². The number of ether oxygens (including phenoxy) is 1. The zero-order valence-electron chi connectivity index (χ0n) is 8.28. The van der Waals surface area contributed by atoms with Crippen LogP contribution in [0.25, 0.3) is 0 Å². The lowest BCUT2D eigenvalue weighted by Gasteiger charge is -2.14. The molecule has 86 valence electrons. The maximum absolute atomic E-state index is 9.91. The van der Waals surface area contributed by atoms with E-state index in [1.807, 2.05) is 0 Å². The molecule has 0 bridgehead atoms. The van der Waals surface area contributed by atoms with Crippen molar-refractivity contribution in [3.05, 3.63) is 17.8 Å². The highest BCUT2D eigenvalue weighted by atomic mass is 32.2. The number of rotatable bonds is 1. The van der Waals surface area contributed by atoms with Gasteiger partial charge in [0.25, 0.3) is 0 Å². The second kappa shape index (κ2) is 3.56. The van der Waals surface area contributed by atoms with E-state index in [4.69, 9.17) is 15.3 Å². The molecule has 3 N–H and O–H groups in total. The van der Waals surface area contributed by atoms with Gasteiger partial charge in [0, 0.05) is 6.20 Å². The van der Waals surface area contributed by atoms with Crippen molar-refractivity contribution in [3.63, 3.8) is 0 Å². The summed E-state index contributed by atoms with van der Waals surface area (Å²) in [5, 5.41) is 26.9. The van der Waals surface area contributed by atoms with Crippen LogP contribution in [0.1, 0.15) is 6.23 Å². The van der Waals surface area contributed by atoms with Crippen LogP contribution in [0.5, 0.6) is 0 Å². The molecule has 0 radical (unpaired) electrons. The summed E-state index contributed by atoms with van der Waals surface area (Å²) in [6.07, 6.45) is 0.212. The van der Waals surface area contributed by atoms with Crippen LogP contribution in [0.15, 0.2) is 17.4 Å². The van der Waals surface area contributed by atoms with Gasteiger partial charge in [-0.3, -0.25) is 9.98 Å². The van der Waals surface area contributed by atoms with Gasteiger partial charge in [-0.2, -0.15) is 0 Å². The number of nitrogens with zero attached hydrogens (tertiary/aromatic N) is 2. The third-order valence-electron chi connectivity index (χ3n) is 2.84. The second-order valence-electron chi connectivity index (χ2n) is 3.82. The summed E-state index contributed by atoms with van der Waals surface area (Å²) in [5.41, 5.74) is 0.201. The standard InChI is InChI=1S/C9H11N3O3S/c10-5-1-2-12-8-7(16-9(12)11-5)6(14)4(3-13)15-8/h1-2,4,6-8,10,13-14H,3H2. The molecule has 16 heavy (non-hydrogen) atoms. The molecular weight excluding hydrogens is 230 g/mol. The SMILES string of the molecule is N=c1ccn2c(n1)SC1C(O)C(CO)OC12. The van der Waals surface area contributed by atoms with Crippen LogP contribution in [-0.4, -0.2) is 43.8 Å². The van der Waals surface area contributed by atoms with E-state index >= 15 is 0 Å². The van der Waals surface area contributed by atoms with Gasteiger partial charge in [-0.25, -0.2) is 4.98 Å². The number of aromatic nitrogens is 2. The molecule has 3 rings (SSSR count). The fourth-order valence-electron chi connectivity index (χ4n) is 2.04. The molecule has 4 atom stereocenters. The van der Waals surface area contributed by atoms with Crippen molar-refractivity contribution in [1.82, 2.24) is 9.55 Å². The minimum Gasteiger partial charge on any atom is -0.394 e. The molecule has 2 aliphatic heterocycles. The summed E-state index contributed by atoms with van der Waals surface area (Å²) < 4.78 is 7.35. The van der Waals surface area contributed by atoms with Gasteiger partial charge in [0.05, 0.1) is 18.0 Å². The van der Waals surface area contributed by atoms with Gasteiger partial charge in [0.1, 0.15) is 11.6 Å². The third kappa shape index (κ3) is 1.32. The van der Waals surface area contributed by atoms with E-state index < -0.39 is 12.2 Å². The fourth-order valence-corrected chi connectivity index (χ4v) is 3.34. The summed E-state index contributed by atoms with van der Waals surface area (Å²) >= 11 is 1.39. The smallest absolute Gasteiger partial charge is 0.172 e. The van der Waals surface area contributed by atoms with Gasteiger partial charge < -0.3 is 14.9 Å². The first kappa shape index (κ1) is 10.3. The lowest BCUT2D eigenvalue weighted by Crippen LogP contribution is -2.30. The van der Waals surface area contributed by atoms with Crippen LogP contribution < -0.4 is 5.49 Å². The largest absolute Gasteiger partial charge is 0.394 e. The van der Waals surface area contributed by atoms with Gasteiger partial charge in [-0.15, -0.1) is 0 Å². The molecule has 3 heterocycles. The highest BCUT2D eigenvalue weighted by Crippen LogP contribution is 2.46. The normalized spacial score (nSPS) is 36.1. The molecule has 1 aromatic rings. The van der Waals surface area contributed by atoms with Crippen molar-refractivity contribution >= 4 is 11.8 Å². The van der Waals surface area contributed by atoms with Crippen molar-refractivity contribution in [3.8, 4) is 0 Å². The Hall–Kier alpha value is -0.890. The van der Waals surface area contributed by atoms with Gasteiger partial charge >= 0.3 is 0 Å². The summed E-state index contributed by atoms with van der Waals surface area (Å²) in [4.78, 5) is 4.06. The maximum atomic E-state index is 9.91. The van der Waals surface area contributed by atoms with Gasteiger partial charge in [0.15, 0.2) is 11.4 Å². The molecule has 0 spiro atoms. The van der Waals surface area contributed by atoms with E-state index in [1.165, 1.54) is 11.8 Å². The van der Waals surface area contributed by atoms with Crippen molar-refractivity contribution < 1.29 is 14.9 Å². The molecule has 1 saturated heterocycles. The van der Waals surface area contributed by atoms with Crippen molar-refractivity contribution in [1.29, 1.82) is 5.41 Å². The number of hydrogen-bond donors (Lipinski definition) is 3. The topological polar surface area (TPSA) is 91.4 Å². The van der Waals surface area contributed by atoms with Crippen molar-refractivity contribution in [2.75, 3.05) is 6.61 Å². The van der Waals surface area contributed by atoms with E-state index in [2.05, 4.69) is 4.98 Å². The number of nitrogens with one attached hydrogen (secondary N) is 1. The Kier molecular flexibility index (Phi) is 2.28. The molecule has 1 aromatic heterocycles.